The molecule has 0 bridgehead atoms. The van der Waals surface area contributed by atoms with Gasteiger partial charge in [-0.3, -0.25) is 4.21 Å². The fraction of sp³-hybridized carbons (Fsp3) is 0.250. The first-order valence-electron chi connectivity index (χ1n) is 3.38. The van der Waals surface area contributed by atoms with Crippen molar-refractivity contribution in [3.63, 3.8) is 0 Å². The lowest BCUT2D eigenvalue weighted by Crippen LogP contribution is -1.92. The predicted molar refractivity (Wildman–Crippen MR) is 50.8 cm³/mol. The maximum absolute atomic E-state index is 10.6. The van der Waals surface area contributed by atoms with E-state index in [-0.39, 0.29) is 0 Å². The van der Waals surface area contributed by atoms with Crippen LogP contribution in [0.5, 0.6) is 0 Å². The molecule has 0 aliphatic carbocycles. The van der Waals surface area contributed by atoms with E-state index in [1.807, 2.05) is 13.8 Å². The summed E-state index contributed by atoms with van der Waals surface area (Å²) < 4.78 is 22.0. The van der Waals surface area contributed by atoms with Crippen LogP contribution >= 0.6 is 15.9 Å². The molecule has 1 atom stereocenters. The van der Waals surface area contributed by atoms with Gasteiger partial charge in [0.05, 0.1) is 0 Å². The lowest BCUT2D eigenvalue weighted by Gasteiger charge is -2.09. The van der Waals surface area contributed by atoms with E-state index in [9.17, 15) is 8.76 Å². The molecule has 0 spiro atoms. The number of halogens is 1. The minimum atomic E-state index is -2.14. The standard InChI is InChI=1S/C8H9BrO2S/c1-5-3-7(12(10)11)4-8(9)6(5)2/h3-4H,1-2H3,(H,10,11)/p-1. The van der Waals surface area contributed by atoms with Crippen molar-refractivity contribution < 1.29 is 8.76 Å². The summed E-state index contributed by atoms with van der Waals surface area (Å²) in [4.78, 5) is 0.324. The molecule has 0 N–H and O–H groups in total. The fourth-order valence-corrected chi connectivity index (χ4v) is 2.08. The molecule has 0 aliphatic rings. The Kier molecular flexibility index (Phi) is 3.04. The zero-order chi connectivity index (χ0) is 9.30. The van der Waals surface area contributed by atoms with Crippen LogP contribution < -0.4 is 0 Å². The first-order chi connectivity index (χ1) is 5.52. The summed E-state index contributed by atoms with van der Waals surface area (Å²) in [6.07, 6.45) is 0. The number of hydrogen-bond donors (Lipinski definition) is 0. The molecule has 12 heavy (non-hydrogen) atoms. The van der Waals surface area contributed by atoms with Crippen LogP contribution in [0.25, 0.3) is 0 Å². The van der Waals surface area contributed by atoms with E-state index in [0.717, 1.165) is 15.6 Å². The van der Waals surface area contributed by atoms with Gasteiger partial charge in [0, 0.05) is 9.37 Å². The second-order valence-corrected chi connectivity index (χ2v) is 4.38. The molecule has 1 aromatic rings. The van der Waals surface area contributed by atoms with E-state index in [4.69, 9.17) is 0 Å². The van der Waals surface area contributed by atoms with Gasteiger partial charge in [-0.1, -0.05) is 15.9 Å². The summed E-state index contributed by atoms with van der Waals surface area (Å²) in [5.41, 5.74) is 2.05. The van der Waals surface area contributed by atoms with Gasteiger partial charge in [-0.2, -0.15) is 0 Å². The third kappa shape index (κ3) is 1.94. The Morgan fingerprint density at radius 2 is 2.00 bits per heavy atom. The molecule has 0 saturated heterocycles. The molecule has 0 saturated carbocycles. The van der Waals surface area contributed by atoms with Gasteiger partial charge in [0.2, 0.25) is 0 Å². The monoisotopic (exact) mass is 247 g/mol. The number of aryl methyl sites for hydroxylation is 1. The molecule has 0 fully saturated rings. The highest BCUT2D eigenvalue weighted by molar-refractivity contribution is 9.10. The summed E-state index contributed by atoms with van der Waals surface area (Å²) >= 11 is 1.15. The normalized spacial score (nSPS) is 13.0. The minimum absolute atomic E-state index is 0.324. The van der Waals surface area contributed by atoms with Gasteiger partial charge in [-0.05, 0) is 48.2 Å². The van der Waals surface area contributed by atoms with Crippen molar-refractivity contribution in [3.05, 3.63) is 27.7 Å². The van der Waals surface area contributed by atoms with Crippen molar-refractivity contribution in [2.75, 3.05) is 0 Å². The Bertz CT molecular complexity index is 313. The van der Waals surface area contributed by atoms with Crippen LogP contribution in [-0.2, 0) is 11.1 Å². The molecule has 4 heteroatoms. The van der Waals surface area contributed by atoms with Crippen LogP contribution in [0.2, 0.25) is 0 Å². The minimum Gasteiger partial charge on any atom is -0.768 e. The zero-order valence-corrected chi connectivity index (χ0v) is 9.16. The van der Waals surface area contributed by atoms with Crippen LogP contribution in [0.4, 0.5) is 0 Å². The third-order valence-electron chi connectivity index (χ3n) is 1.77. The summed E-state index contributed by atoms with van der Waals surface area (Å²) in [6, 6.07) is 3.26. The van der Waals surface area contributed by atoms with E-state index >= 15 is 0 Å². The number of rotatable bonds is 1. The molecule has 2 nitrogen and oxygen atoms in total. The second-order valence-electron chi connectivity index (χ2n) is 2.58. The molecule has 0 radical (unpaired) electrons. The van der Waals surface area contributed by atoms with E-state index in [0.29, 0.717) is 4.90 Å². The molecule has 1 unspecified atom stereocenters. The topological polar surface area (TPSA) is 40.1 Å². The molecule has 0 aliphatic heterocycles. The molecule has 66 valence electrons. The largest absolute Gasteiger partial charge is 0.768 e. The fourth-order valence-electron chi connectivity index (χ4n) is 0.881. The molecule has 1 rings (SSSR count). The summed E-state index contributed by atoms with van der Waals surface area (Å²) in [5, 5.41) is 0. The second kappa shape index (κ2) is 3.68. The van der Waals surface area contributed by atoms with Crippen molar-refractivity contribution in [2.24, 2.45) is 0 Å². The molecule has 0 heterocycles. The maximum Gasteiger partial charge on any atom is 0.0262 e. The van der Waals surface area contributed by atoms with Crippen molar-refractivity contribution in [3.8, 4) is 0 Å². The number of hydrogen-bond acceptors (Lipinski definition) is 2. The van der Waals surface area contributed by atoms with Gasteiger partial charge in [0.15, 0.2) is 0 Å². The zero-order valence-electron chi connectivity index (χ0n) is 6.76. The summed E-state index contributed by atoms with van der Waals surface area (Å²) in [5.74, 6) is 0. The average Bonchev–Trinajstić information content (AvgIpc) is 1.99. The van der Waals surface area contributed by atoms with E-state index in [2.05, 4.69) is 15.9 Å². The highest BCUT2D eigenvalue weighted by Gasteiger charge is 2.01. The van der Waals surface area contributed by atoms with Crippen LogP contribution in [0.15, 0.2) is 21.5 Å². The molecule has 0 aromatic heterocycles. The highest BCUT2D eigenvalue weighted by atomic mass is 79.9. The van der Waals surface area contributed by atoms with Gasteiger partial charge >= 0.3 is 0 Å². The van der Waals surface area contributed by atoms with Gasteiger partial charge < -0.3 is 4.55 Å². The third-order valence-corrected chi connectivity index (χ3v) is 3.21. The molecule has 0 amide bonds. The molecular weight excluding hydrogens is 240 g/mol. The van der Waals surface area contributed by atoms with Gasteiger partial charge in [0.1, 0.15) is 0 Å². The quantitative estimate of drug-likeness (QED) is 0.715. The lowest BCUT2D eigenvalue weighted by molar-refractivity contribution is 0.537. The van der Waals surface area contributed by atoms with E-state index in [1.165, 1.54) is 0 Å². The Morgan fingerprint density at radius 1 is 1.42 bits per heavy atom. The average molecular weight is 248 g/mol. The van der Waals surface area contributed by atoms with Crippen LogP contribution in [0.3, 0.4) is 0 Å². The number of benzene rings is 1. The summed E-state index contributed by atoms with van der Waals surface area (Å²) in [7, 11) is 0. The maximum atomic E-state index is 10.6. The first-order valence-corrected chi connectivity index (χ1v) is 5.25. The van der Waals surface area contributed by atoms with Gasteiger partial charge in [0.25, 0.3) is 0 Å². The Morgan fingerprint density at radius 3 is 2.42 bits per heavy atom. The lowest BCUT2D eigenvalue weighted by atomic mass is 10.1. The van der Waals surface area contributed by atoms with E-state index < -0.39 is 11.1 Å². The molecular formula is C8H8BrO2S-. The Labute approximate surface area is 82.4 Å². The van der Waals surface area contributed by atoms with Crippen LogP contribution in [0, 0.1) is 13.8 Å². The van der Waals surface area contributed by atoms with E-state index in [1.54, 1.807) is 12.1 Å². The Balaban J connectivity index is 3.31. The smallest absolute Gasteiger partial charge is 0.0262 e. The predicted octanol–water partition coefficient (Wildman–Crippen LogP) is 2.30. The van der Waals surface area contributed by atoms with Crippen molar-refractivity contribution in [1.29, 1.82) is 0 Å². The Hall–Kier alpha value is -0.190. The molecule has 1 aromatic carbocycles. The first kappa shape index (κ1) is 9.89. The van der Waals surface area contributed by atoms with Crippen LogP contribution in [-0.4, -0.2) is 8.76 Å². The summed E-state index contributed by atoms with van der Waals surface area (Å²) in [6.45, 7) is 3.83. The van der Waals surface area contributed by atoms with Crippen molar-refractivity contribution in [1.82, 2.24) is 0 Å². The van der Waals surface area contributed by atoms with Crippen molar-refractivity contribution >= 4 is 27.0 Å². The van der Waals surface area contributed by atoms with Gasteiger partial charge in [-0.15, -0.1) is 0 Å². The van der Waals surface area contributed by atoms with Crippen LogP contribution in [0.1, 0.15) is 11.1 Å². The SMILES string of the molecule is Cc1cc(S(=O)[O-])cc(Br)c1C. The van der Waals surface area contributed by atoms with Crippen molar-refractivity contribution in [2.45, 2.75) is 18.7 Å². The highest BCUT2D eigenvalue weighted by Crippen LogP contribution is 2.22. The van der Waals surface area contributed by atoms with Gasteiger partial charge in [-0.25, -0.2) is 0 Å².